The van der Waals surface area contributed by atoms with Crippen LogP contribution in [0.15, 0.2) is 0 Å². The fourth-order valence-corrected chi connectivity index (χ4v) is 2.74. The predicted molar refractivity (Wildman–Crippen MR) is 91.3 cm³/mol. The molecule has 0 saturated carbocycles. The van der Waals surface area contributed by atoms with E-state index < -0.39 is 11.7 Å². The first-order valence-corrected chi connectivity index (χ1v) is 8.45. The first-order chi connectivity index (χ1) is 10.4. The van der Waals surface area contributed by atoms with E-state index in [1.54, 1.807) is 0 Å². The van der Waals surface area contributed by atoms with Crippen LogP contribution in [0.3, 0.4) is 0 Å². The van der Waals surface area contributed by atoms with Crippen molar-refractivity contribution < 1.29 is 14.3 Å². The SMILES string of the molecule is CC(NC(=O)OC(C)(C)C)C(C(=O)NC(C)(C)C)N1CCCC1. The number of likely N-dealkylation sites (tertiary alicyclic amines) is 1. The van der Waals surface area contributed by atoms with Gasteiger partial charge in [0, 0.05) is 5.54 Å². The van der Waals surface area contributed by atoms with Gasteiger partial charge in [-0.2, -0.15) is 0 Å². The Labute approximate surface area is 140 Å². The summed E-state index contributed by atoms with van der Waals surface area (Å²) >= 11 is 0. The van der Waals surface area contributed by atoms with E-state index in [9.17, 15) is 9.59 Å². The van der Waals surface area contributed by atoms with Crippen LogP contribution < -0.4 is 10.6 Å². The second-order valence-corrected chi connectivity index (χ2v) is 8.36. The Bertz CT molecular complexity index is 418. The van der Waals surface area contributed by atoms with Crippen molar-refractivity contribution in [1.29, 1.82) is 0 Å². The maximum Gasteiger partial charge on any atom is 0.407 e. The summed E-state index contributed by atoms with van der Waals surface area (Å²) in [5, 5.41) is 5.84. The van der Waals surface area contributed by atoms with E-state index in [2.05, 4.69) is 15.5 Å². The molecule has 23 heavy (non-hydrogen) atoms. The molecule has 1 heterocycles. The fraction of sp³-hybridized carbons (Fsp3) is 0.882. The largest absolute Gasteiger partial charge is 0.444 e. The van der Waals surface area contributed by atoms with E-state index in [-0.39, 0.29) is 23.5 Å². The van der Waals surface area contributed by atoms with Gasteiger partial charge >= 0.3 is 6.09 Å². The van der Waals surface area contributed by atoms with Crippen LogP contribution in [0.25, 0.3) is 0 Å². The number of ether oxygens (including phenoxy) is 1. The van der Waals surface area contributed by atoms with Crippen LogP contribution in [0.2, 0.25) is 0 Å². The smallest absolute Gasteiger partial charge is 0.407 e. The number of amides is 2. The van der Waals surface area contributed by atoms with E-state index in [0.717, 1.165) is 25.9 Å². The highest BCUT2D eigenvalue weighted by Gasteiger charge is 2.35. The number of carbonyl (C=O) groups is 2. The maximum absolute atomic E-state index is 12.7. The van der Waals surface area contributed by atoms with Gasteiger partial charge in [-0.25, -0.2) is 4.79 Å². The molecule has 2 N–H and O–H groups in total. The summed E-state index contributed by atoms with van der Waals surface area (Å²) in [6.07, 6.45) is 1.68. The summed E-state index contributed by atoms with van der Waals surface area (Å²) < 4.78 is 5.30. The Kier molecular flexibility index (Phi) is 6.45. The summed E-state index contributed by atoms with van der Waals surface area (Å²) in [6, 6.07) is -0.713. The summed E-state index contributed by atoms with van der Waals surface area (Å²) in [4.78, 5) is 26.9. The van der Waals surface area contributed by atoms with Crippen molar-refractivity contribution in [1.82, 2.24) is 15.5 Å². The van der Waals surface area contributed by atoms with Gasteiger partial charge in [-0.05, 0) is 74.4 Å². The Morgan fingerprint density at radius 1 is 1.04 bits per heavy atom. The van der Waals surface area contributed by atoms with Gasteiger partial charge in [-0.3, -0.25) is 9.69 Å². The molecule has 0 spiro atoms. The van der Waals surface area contributed by atoms with Crippen LogP contribution >= 0.6 is 0 Å². The van der Waals surface area contributed by atoms with E-state index in [0.29, 0.717) is 0 Å². The number of hydrogen-bond donors (Lipinski definition) is 2. The Balaban J connectivity index is 2.78. The van der Waals surface area contributed by atoms with Gasteiger partial charge in [-0.1, -0.05) is 0 Å². The lowest BCUT2D eigenvalue weighted by molar-refractivity contribution is -0.128. The summed E-state index contributed by atoms with van der Waals surface area (Å²) in [5.41, 5.74) is -0.860. The van der Waals surface area contributed by atoms with Crippen LogP contribution in [0.5, 0.6) is 0 Å². The number of alkyl carbamates (subject to hydrolysis) is 1. The zero-order valence-electron chi connectivity index (χ0n) is 15.7. The number of hydrogen-bond acceptors (Lipinski definition) is 4. The lowest BCUT2D eigenvalue weighted by atomic mass is 10.0. The molecule has 134 valence electrons. The van der Waals surface area contributed by atoms with E-state index in [4.69, 9.17) is 4.74 Å². The van der Waals surface area contributed by atoms with E-state index in [1.165, 1.54) is 0 Å². The lowest BCUT2D eigenvalue weighted by Crippen LogP contribution is -2.59. The Hall–Kier alpha value is -1.30. The van der Waals surface area contributed by atoms with Gasteiger partial charge in [-0.15, -0.1) is 0 Å². The van der Waals surface area contributed by atoms with Gasteiger partial charge in [0.25, 0.3) is 0 Å². The third-order valence-corrected chi connectivity index (χ3v) is 3.52. The summed E-state index contributed by atoms with van der Waals surface area (Å²) in [7, 11) is 0. The maximum atomic E-state index is 12.7. The Morgan fingerprint density at radius 3 is 2.00 bits per heavy atom. The van der Waals surface area contributed by atoms with Gasteiger partial charge in [0.15, 0.2) is 0 Å². The molecule has 2 amide bonds. The molecular weight excluding hydrogens is 294 g/mol. The minimum absolute atomic E-state index is 0.0528. The van der Waals surface area contributed by atoms with Crippen molar-refractivity contribution in [2.75, 3.05) is 13.1 Å². The van der Waals surface area contributed by atoms with Gasteiger partial charge in [0.2, 0.25) is 5.91 Å². The molecule has 0 aromatic rings. The van der Waals surface area contributed by atoms with Crippen LogP contribution in [-0.2, 0) is 9.53 Å². The molecule has 2 unspecified atom stereocenters. The monoisotopic (exact) mass is 327 g/mol. The van der Waals surface area contributed by atoms with Crippen molar-refractivity contribution in [3.8, 4) is 0 Å². The summed E-state index contributed by atoms with van der Waals surface area (Å²) in [6.45, 7) is 14.9. The third kappa shape index (κ3) is 7.20. The minimum Gasteiger partial charge on any atom is -0.444 e. The molecule has 0 aliphatic carbocycles. The molecule has 1 aliphatic rings. The highest BCUT2D eigenvalue weighted by molar-refractivity contribution is 5.84. The van der Waals surface area contributed by atoms with E-state index >= 15 is 0 Å². The zero-order valence-corrected chi connectivity index (χ0v) is 15.7. The standard InChI is InChI=1S/C17H33N3O3/c1-12(18-15(22)23-17(5,6)7)13(20-10-8-9-11-20)14(21)19-16(2,3)4/h12-13H,8-11H2,1-7H3,(H,18,22)(H,19,21). The molecule has 6 heteroatoms. The van der Waals surface area contributed by atoms with Crippen LogP contribution in [0, 0.1) is 0 Å². The average molecular weight is 327 g/mol. The number of nitrogens with one attached hydrogen (secondary N) is 2. The van der Waals surface area contributed by atoms with Crippen molar-refractivity contribution in [3.05, 3.63) is 0 Å². The molecule has 0 bridgehead atoms. The molecule has 2 atom stereocenters. The van der Waals surface area contributed by atoms with Crippen LogP contribution in [0.4, 0.5) is 4.79 Å². The fourth-order valence-electron chi connectivity index (χ4n) is 2.74. The van der Waals surface area contributed by atoms with Crippen LogP contribution in [-0.4, -0.2) is 53.2 Å². The lowest BCUT2D eigenvalue weighted by Gasteiger charge is -2.34. The first-order valence-electron chi connectivity index (χ1n) is 8.45. The van der Waals surface area contributed by atoms with Crippen molar-refractivity contribution in [2.24, 2.45) is 0 Å². The molecule has 1 saturated heterocycles. The quantitative estimate of drug-likeness (QED) is 0.831. The topological polar surface area (TPSA) is 70.7 Å². The number of carbonyl (C=O) groups excluding carboxylic acids is 2. The second kappa shape index (κ2) is 7.51. The molecule has 0 aromatic carbocycles. The van der Waals surface area contributed by atoms with Crippen molar-refractivity contribution in [3.63, 3.8) is 0 Å². The Morgan fingerprint density at radius 2 is 1.57 bits per heavy atom. The van der Waals surface area contributed by atoms with E-state index in [1.807, 2.05) is 48.5 Å². The predicted octanol–water partition coefficient (Wildman–Crippen LogP) is 2.28. The molecule has 0 aromatic heterocycles. The van der Waals surface area contributed by atoms with Crippen LogP contribution in [0.1, 0.15) is 61.3 Å². The van der Waals surface area contributed by atoms with Crippen molar-refractivity contribution >= 4 is 12.0 Å². The van der Waals surface area contributed by atoms with Gasteiger partial charge < -0.3 is 15.4 Å². The normalized spacial score (nSPS) is 19.1. The zero-order chi connectivity index (χ0) is 17.8. The number of nitrogens with zero attached hydrogens (tertiary/aromatic N) is 1. The second-order valence-electron chi connectivity index (χ2n) is 8.36. The third-order valence-electron chi connectivity index (χ3n) is 3.52. The molecule has 1 aliphatic heterocycles. The molecule has 0 radical (unpaired) electrons. The molecule has 1 fully saturated rings. The first kappa shape index (κ1) is 19.7. The average Bonchev–Trinajstić information content (AvgIpc) is 2.76. The summed E-state index contributed by atoms with van der Waals surface area (Å²) in [5.74, 6) is -0.0528. The number of rotatable bonds is 4. The minimum atomic E-state index is -0.555. The van der Waals surface area contributed by atoms with Gasteiger partial charge in [0.1, 0.15) is 11.6 Å². The highest BCUT2D eigenvalue weighted by atomic mass is 16.6. The van der Waals surface area contributed by atoms with Crippen molar-refractivity contribution in [2.45, 2.75) is 84.5 Å². The molecule has 1 rings (SSSR count). The molecular formula is C17H33N3O3. The van der Waals surface area contributed by atoms with Gasteiger partial charge in [0.05, 0.1) is 6.04 Å². The highest BCUT2D eigenvalue weighted by Crippen LogP contribution is 2.16. The molecule has 6 nitrogen and oxygen atoms in total.